The summed E-state index contributed by atoms with van der Waals surface area (Å²) in [7, 11) is 7.27. The molecule has 300 valence electrons. The summed E-state index contributed by atoms with van der Waals surface area (Å²) in [6.07, 6.45) is 10.7. The van der Waals surface area contributed by atoms with Crippen LogP contribution in [0.15, 0.2) is 73.8 Å². The molecule has 0 bridgehead atoms. The van der Waals surface area contributed by atoms with Crippen molar-refractivity contribution in [2.75, 3.05) is 62.4 Å². The Morgan fingerprint density at radius 1 is 0.719 bits per heavy atom. The van der Waals surface area contributed by atoms with Crippen LogP contribution in [0.3, 0.4) is 0 Å². The van der Waals surface area contributed by atoms with Crippen molar-refractivity contribution in [2.45, 2.75) is 52.6 Å². The van der Waals surface area contributed by atoms with Crippen molar-refractivity contribution in [1.29, 1.82) is 0 Å². The van der Waals surface area contributed by atoms with Gasteiger partial charge in [-0.05, 0) is 77.4 Å². The first-order valence-electron chi connectivity index (χ1n) is 18.1. The molecule has 0 spiro atoms. The predicted molar refractivity (Wildman–Crippen MR) is 222 cm³/mol. The third-order valence-corrected chi connectivity index (χ3v) is 9.86. The van der Waals surface area contributed by atoms with Crippen molar-refractivity contribution in [1.82, 2.24) is 39.0 Å². The number of nitrogen functional groups attached to an aromatic ring is 1. The van der Waals surface area contributed by atoms with Gasteiger partial charge in [0.25, 0.3) is 0 Å². The Bertz CT molecular complexity index is 2340. The molecule has 0 aliphatic carbocycles. The average Bonchev–Trinajstić information content (AvgIpc) is 3.83. The highest BCUT2D eigenvalue weighted by molar-refractivity contribution is 6.28. The number of aromatic nitrogens is 8. The largest absolute Gasteiger partial charge is 0.494 e. The number of methoxy groups -OCH3 is 2. The highest BCUT2D eigenvalue weighted by Crippen LogP contribution is 2.37. The van der Waals surface area contributed by atoms with Crippen LogP contribution in [0.5, 0.6) is 23.0 Å². The molecule has 0 saturated heterocycles. The summed E-state index contributed by atoms with van der Waals surface area (Å²) < 4.78 is 26.0. The van der Waals surface area contributed by atoms with E-state index in [-0.39, 0.29) is 16.4 Å². The lowest BCUT2D eigenvalue weighted by molar-refractivity contribution is 0.215. The van der Waals surface area contributed by atoms with Gasteiger partial charge >= 0.3 is 0 Å². The number of likely N-dealkylation sites (N-methyl/N-ethyl adjacent to an activating group) is 2. The summed E-state index contributed by atoms with van der Waals surface area (Å²) >= 11 is 5.73. The van der Waals surface area contributed by atoms with Gasteiger partial charge in [0, 0.05) is 50.0 Å². The Kier molecular flexibility index (Phi) is 11.6. The minimum absolute atomic E-state index is 0.0648. The quantitative estimate of drug-likeness (QED) is 0.133. The lowest BCUT2D eigenvalue weighted by Gasteiger charge is -2.40. The fourth-order valence-corrected chi connectivity index (χ4v) is 5.96. The zero-order chi connectivity index (χ0) is 41.1. The van der Waals surface area contributed by atoms with Crippen LogP contribution in [-0.4, -0.2) is 91.6 Å². The normalized spacial score (nSPS) is 14.6. The second-order valence-electron chi connectivity index (χ2n) is 14.8. The van der Waals surface area contributed by atoms with E-state index in [2.05, 4.69) is 72.7 Å². The van der Waals surface area contributed by atoms with Crippen molar-refractivity contribution >= 4 is 40.6 Å². The van der Waals surface area contributed by atoms with Crippen LogP contribution in [0.4, 0.5) is 29.0 Å². The third kappa shape index (κ3) is 9.07. The molecule has 6 aromatic rings. The van der Waals surface area contributed by atoms with Crippen molar-refractivity contribution in [3.63, 3.8) is 0 Å². The lowest BCUT2D eigenvalue weighted by atomic mass is 10.0. The number of imidazole rings is 2. The van der Waals surface area contributed by atoms with Crippen LogP contribution >= 0.6 is 11.6 Å². The zero-order valence-electron chi connectivity index (χ0n) is 33.9. The van der Waals surface area contributed by atoms with E-state index in [0.29, 0.717) is 36.3 Å². The molecule has 0 amide bonds. The molecular weight excluding hydrogens is 748 g/mol. The molecule has 0 unspecified atom stereocenters. The smallest absolute Gasteiger partial charge is 0.229 e. The molecule has 0 atom stereocenters. The number of rotatable bonds is 6. The Balaban J connectivity index is 0.000000159. The van der Waals surface area contributed by atoms with Crippen LogP contribution < -0.4 is 39.8 Å². The summed E-state index contributed by atoms with van der Waals surface area (Å²) in [6, 6.07) is 11.4. The maximum absolute atomic E-state index is 5.79. The summed E-state index contributed by atoms with van der Waals surface area (Å²) in [5.74, 6) is 4.87. The van der Waals surface area contributed by atoms with Crippen LogP contribution in [0, 0.1) is 13.8 Å². The van der Waals surface area contributed by atoms with Gasteiger partial charge in [0.05, 0.1) is 73.1 Å². The number of benzene rings is 2. The second-order valence-corrected chi connectivity index (χ2v) is 15.2. The van der Waals surface area contributed by atoms with Gasteiger partial charge in [-0.25, -0.2) is 19.9 Å². The first-order valence-corrected chi connectivity index (χ1v) is 18.5. The SMILES string of the molecule is CN1c2nc(Cl)ncc2OCC1(C)C.COc1cc(N)ccc1-n1cnc(C)c1.COc1cc(Nc2ncc3c(n2)N(C)C(C)(C)CO3)ccc1-n1cnc(C)c1. The van der Waals surface area contributed by atoms with Crippen molar-refractivity contribution in [2.24, 2.45) is 0 Å². The molecule has 17 heteroatoms. The number of halogens is 1. The highest BCUT2D eigenvalue weighted by Gasteiger charge is 2.34. The highest BCUT2D eigenvalue weighted by atomic mass is 35.5. The maximum atomic E-state index is 5.79. The van der Waals surface area contributed by atoms with E-state index in [0.717, 1.165) is 51.6 Å². The van der Waals surface area contributed by atoms with E-state index < -0.39 is 0 Å². The van der Waals surface area contributed by atoms with Gasteiger partial charge in [-0.3, -0.25) is 0 Å². The van der Waals surface area contributed by atoms with Gasteiger partial charge in [-0.15, -0.1) is 0 Å². The molecule has 0 fully saturated rings. The number of ether oxygens (including phenoxy) is 4. The van der Waals surface area contributed by atoms with Gasteiger partial charge in [-0.1, -0.05) is 0 Å². The Labute approximate surface area is 337 Å². The van der Waals surface area contributed by atoms with Crippen molar-refractivity contribution in [3.05, 3.63) is 90.5 Å². The lowest BCUT2D eigenvalue weighted by Crippen LogP contribution is -2.49. The monoisotopic (exact) mass is 796 g/mol. The molecule has 8 rings (SSSR count). The minimum Gasteiger partial charge on any atom is -0.494 e. The van der Waals surface area contributed by atoms with Crippen molar-refractivity contribution < 1.29 is 18.9 Å². The molecule has 2 aromatic carbocycles. The Morgan fingerprint density at radius 2 is 1.23 bits per heavy atom. The molecule has 3 N–H and O–H groups in total. The van der Waals surface area contributed by atoms with Gasteiger partial charge in [0.1, 0.15) is 24.7 Å². The van der Waals surface area contributed by atoms with E-state index in [1.165, 1.54) is 0 Å². The number of hydrogen-bond acceptors (Lipinski definition) is 14. The van der Waals surface area contributed by atoms with E-state index in [1.54, 1.807) is 45.3 Å². The number of nitrogens with one attached hydrogen (secondary N) is 1. The van der Waals surface area contributed by atoms with Gasteiger partial charge in [-0.2, -0.15) is 9.97 Å². The minimum atomic E-state index is -0.133. The summed E-state index contributed by atoms with van der Waals surface area (Å²) in [5, 5.41) is 3.50. The van der Waals surface area contributed by atoms with Gasteiger partial charge < -0.3 is 48.9 Å². The van der Waals surface area contributed by atoms with Crippen LogP contribution in [-0.2, 0) is 0 Å². The molecule has 2 aliphatic rings. The zero-order valence-corrected chi connectivity index (χ0v) is 34.7. The Hall–Kier alpha value is -6.29. The van der Waals surface area contributed by atoms with E-state index in [1.807, 2.05) is 79.8 Å². The number of fused-ring (bicyclic) bond motifs is 2. The number of nitrogens with two attached hydrogens (primary N) is 1. The third-order valence-electron chi connectivity index (χ3n) is 9.68. The van der Waals surface area contributed by atoms with E-state index in [4.69, 9.17) is 36.3 Å². The van der Waals surface area contributed by atoms with Crippen LogP contribution in [0.2, 0.25) is 5.28 Å². The molecule has 6 heterocycles. The Morgan fingerprint density at radius 3 is 1.75 bits per heavy atom. The van der Waals surface area contributed by atoms with E-state index >= 15 is 0 Å². The number of hydrogen-bond donors (Lipinski definition) is 2. The van der Waals surface area contributed by atoms with Crippen molar-refractivity contribution in [3.8, 4) is 34.4 Å². The molecule has 2 aliphatic heterocycles. The summed E-state index contributed by atoms with van der Waals surface area (Å²) in [5.41, 5.74) is 10.8. The number of nitrogens with zero attached hydrogens (tertiary/aromatic N) is 10. The van der Waals surface area contributed by atoms with Crippen LogP contribution in [0.25, 0.3) is 11.4 Å². The molecule has 0 saturated carbocycles. The second kappa shape index (κ2) is 16.4. The summed E-state index contributed by atoms with van der Waals surface area (Å²) in [4.78, 5) is 29.7. The molecule has 0 radical (unpaired) electrons. The predicted octanol–water partition coefficient (Wildman–Crippen LogP) is 6.84. The number of aryl methyl sites for hydroxylation is 2. The fourth-order valence-electron chi connectivity index (χ4n) is 5.83. The molecular formula is C40H49ClN12O4. The van der Waals surface area contributed by atoms with Gasteiger partial charge in [0.15, 0.2) is 23.1 Å². The van der Waals surface area contributed by atoms with Crippen LogP contribution in [0.1, 0.15) is 39.1 Å². The molecule has 16 nitrogen and oxygen atoms in total. The summed E-state index contributed by atoms with van der Waals surface area (Å²) in [6.45, 7) is 13.5. The van der Waals surface area contributed by atoms with Gasteiger partial charge in [0.2, 0.25) is 11.2 Å². The standard InChI is InChI=1S/C20H24N6O2.C11H13N3O.C9H12ClN3O/c1-13-10-26(12-22-13)15-7-6-14(8-16(15)27-5)23-19-21-9-17-18(24-19)25(4)20(2,3)11-28-17;1-8-6-14(7-13-8)10-4-3-9(12)5-11(10)15-2;1-9(2)5-14-6-4-11-8(10)12-7(6)13(9)3/h6-10,12H,11H2,1-5H3,(H,21,23,24);3-7H,12H2,1-2H3;4H,5H2,1-3H3. The maximum Gasteiger partial charge on any atom is 0.229 e. The molecule has 4 aromatic heterocycles. The molecule has 57 heavy (non-hydrogen) atoms. The first-order chi connectivity index (χ1) is 27.1. The number of anilines is 5. The topological polar surface area (TPSA) is 169 Å². The first kappa shape index (κ1) is 40.4. The fraction of sp³-hybridized carbons (Fsp3) is 0.350. The van der Waals surface area contributed by atoms with E-state index in [9.17, 15) is 0 Å². The average molecular weight is 797 g/mol.